The van der Waals surface area contributed by atoms with Gasteiger partial charge in [0, 0.05) is 19.2 Å². The lowest BCUT2D eigenvalue weighted by Crippen LogP contribution is -2.26. The molecule has 0 bridgehead atoms. The summed E-state index contributed by atoms with van der Waals surface area (Å²) in [7, 11) is -3.98. The van der Waals surface area contributed by atoms with E-state index < -0.39 is 26.6 Å². The summed E-state index contributed by atoms with van der Waals surface area (Å²) in [5, 5.41) is 8.47. The molecule has 4 nitrogen and oxygen atoms in total. The van der Waals surface area contributed by atoms with Crippen molar-refractivity contribution >= 4 is 10.0 Å². The first kappa shape index (κ1) is 13.0. The summed E-state index contributed by atoms with van der Waals surface area (Å²) >= 11 is 0. The molecule has 0 radical (unpaired) electrons. The molecule has 1 rings (SSSR count). The highest BCUT2D eigenvalue weighted by molar-refractivity contribution is 7.89. The number of hydrogen-bond acceptors (Lipinski definition) is 3. The van der Waals surface area contributed by atoms with Crippen LogP contribution in [0.15, 0.2) is 23.1 Å². The Morgan fingerprint density at radius 3 is 2.56 bits per heavy atom. The lowest BCUT2D eigenvalue weighted by molar-refractivity contribution is 0.289. The van der Waals surface area contributed by atoms with Gasteiger partial charge in [0.1, 0.15) is 16.5 Å². The number of hydrogen-bond donors (Lipinski definition) is 2. The summed E-state index contributed by atoms with van der Waals surface area (Å²) in [6.07, 6.45) is 0.224. The fourth-order valence-electron chi connectivity index (χ4n) is 1.06. The van der Waals surface area contributed by atoms with E-state index in [1.165, 1.54) is 0 Å². The third kappa shape index (κ3) is 3.22. The first-order valence-electron chi connectivity index (χ1n) is 4.53. The van der Waals surface area contributed by atoms with E-state index >= 15 is 0 Å². The minimum atomic E-state index is -3.98. The Kier molecular flexibility index (Phi) is 4.34. The van der Waals surface area contributed by atoms with Crippen molar-refractivity contribution in [1.29, 1.82) is 0 Å². The highest BCUT2D eigenvalue weighted by Crippen LogP contribution is 2.14. The molecule has 0 aliphatic carbocycles. The highest BCUT2D eigenvalue weighted by Gasteiger charge is 2.18. The van der Waals surface area contributed by atoms with Crippen LogP contribution < -0.4 is 4.72 Å². The summed E-state index contributed by atoms with van der Waals surface area (Å²) in [6.45, 7) is -0.177. The first-order valence-corrected chi connectivity index (χ1v) is 6.01. The van der Waals surface area contributed by atoms with Gasteiger partial charge in [-0.3, -0.25) is 0 Å². The fourth-order valence-corrected chi connectivity index (χ4v) is 2.19. The third-order valence-electron chi connectivity index (χ3n) is 1.81. The second kappa shape index (κ2) is 5.33. The number of sulfonamides is 1. The number of benzene rings is 1. The standard InChI is InChI=1S/C9H11F2NO3S/c10-7-2-3-9(8(11)6-7)16(14,15)12-4-1-5-13/h2-3,6,12-13H,1,4-5H2. The summed E-state index contributed by atoms with van der Waals surface area (Å²) < 4.78 is 50.8. The average Bonchev–Trinajstić information content (AvgIpc) is 2.17. The molecule has 7 heteroatoms. The first-order chi connectivity index (χ1) is 7.47. The Morgan fingerprint density at radius 2 is 2.00 bits per heavy atom. The van der Waals surface area contributed by atoms with Crippen LogP contribution >= 0.6 is 0 Å². The Morgan fingerprint density at radius 1 is 1.31 bits per heavy atom. The summed E-state index contributed by atoms with van der Waals surface area (Å²) in [5.74, 6) is -1.98. The largest absolute Gasteiger partial charge is 0.396 e. The maximum absolute atomic E-state index is 13.1. The molecule has 1 aromatic carbocycles. The third-order valence-corrected chi connectivity index (χ3v) is 3.30. The van der Waals surface area contributed by atoms with E-state index in [0.717, 1.165) is 12.1 Å². The Bertz CT molecular complexity index is 462. The quantitative estimate of drug-likeness (QED) is 0.754. The lowest BCUT2D eigenvalue weighted by Gasteiger charge is -2.06. The van der Waals surface area contributed by atoms with E-state index in [9.17, 15) is 17.2 Å². The SMILES string of the molecule is O=S(=O)(NCCCO)c1ccc(F)cc1F. The van der Waals surface area contributed by atoms with Crippen molar-refractivity contribution in [3.8, 4) is 0 Å². The zero-order valence-electron chi connectivity index (χ0n) is 8.28. The molecule has 0 saturated heterocycles. The number of rotatable bonds is 5. The molecule has 0 aromatic heterocycles. The van der Waals surface area contributed by atoms with E-state index in [2.05, 4.69) is 4.72 Å². The van der Waals surface area contributed by atoms with Crippen molar-refractivity contribution in [2.75, 3.05) is 13.2 Å². The highest BCUT2D eigenvalue weighted by atomic mass is 32.2. The molecular formula is C9H11F2NO3S. The zero-order valence-corrected chi connectivity index (χ0v) is 9.10. The van der Waals surface area contributed by atoms with Crippen molar-refractivity contribution in [2.24, 2.45) is 0 Å². The smallest absolute Gasteiger partial charge is 0.243 e. The molecule has 0 amide bonds. The second-order valence-corrected chi connectivity index (χ2v) is 4.79. The summed E-state index contributed by atoms with van der Waals surface area (Å²) in [6, 6.07) is 2.22. The maximum atomic E-state index is 13.1. The molecule has 0 aliphatic rings. The molecule has 0 fully saturated rings. The van der Waals surface area contributed by atoms with E-state index in [-0.39, 0.29) is 19.6 Å². The van der Waals surface area contributed by atoms with Crippen LogP contribution in [-0.4, -0.2) is 26.7 Å². The number of aliphatic hydroxyl groups excluding tert-OH is 1. The predicted octanol–water partition coefficient (Wildman–Crippen LogP) is 0.625. The van der Waals surface area contributed by atoms with Gasteiger partial charge in [0.05, 0.1) is 0 Å². The van der Waals surface area contributed by atoms with Crippen molar-refractivity contribution in [3.05, 3.63) is 29.8 Å². The summed E-state index contributed by atoms with van der Waals surface area (Å²) in [4.78, 5) is -0.605. The molecule has 0 spiro atoms. The molecule has 0 saturated carbocycles. The van der Waals surface area contributed by atoms with Crippen LogP contribution in [-0.2, 0) is 10.0 Å². The van der Waals surface area contributed by atoms with Crippen LogP contribution in [0.3, 0.4) is 0 Å². The van der Waals surface area contributed by atoms with Gasteiger partial charge in [-0.1, -0.05) is 0 Å². The average molecular weight is 251 g/mol. The van der Waals surface area contributed by atoms with Gasteiger partial charge in [-0.05, 0) is 18.6 Å². The van der Waals surface area contributed by atoms with E-state index in [4.69, 9.17) is 5.11 Å². The Hall–Kier alpha value is -1.05. The van der Waals surface area contributed by atoms with Gasteiger partial charge < -0.3 is 5.11 Å². The Balaban J connectivity index is 2.90. The minimum Gasteiger partial charge on any atom is -0.396 e. The number of nitrogens with one attached hydrogen (secondary N) is 1. The van der Waals surface area contributed by atoms with E-state index in [1.807, 2.05) is 0 Å². The molecule has 0 heterocycles. The van der Waals surface area contributed by atoms with Gasteiger partial charge in [-0.2, -0.15) is 0 Å². The van der Waals surface area contributed by atoms with Crippen molar-refractivity contribution in [1.82, 2.24) is 4.72 Å². The molecule has 90 valence electrons. The van der Waals surface area contributed by atoms with Crippen molar-refractivity contribution in [3.63, 3.8) is 0 Å². The van der Waals surface area contributed by atoms with Gasteiger partial charge >= 0.3 is 0 Å². The van der Waals surface area contributed by atoms with Gasteiger partial charge in [0.15, 0.2) is 0 Å². The van der Waals surface area contributed by atoms with Crippen LogP contribution in [0.4, 0.5) is 8.78 Å². The zero-order chi connectivity index (χ0) is 12.2. The van der Waals surface area contributed by atoms with Gasteiger partial charge in [-0.15, -0.1) is 0 Å². The van der Waals surface area contributed by atoms with Gasteiger partial charge in [-0.25, -0.2) is 21.9 Å². The van der Waals surface area contributed by atoms with Gasteiger partial charge in [0.25, 0.3) is 0 Å². The normalized spacial score (nSPS) is 11.7. The van der Waals surface area contributed by atoms with E-state index in [1.54, 1.807) is 0 Å². The molecule has 1 aromatic rings. The van der Waals surface area contributed by atoms with Crippen LogP contribution in [0.25, 0.3) is 0 Å². The number of halogens is 2. The molecular weight excluding hydrogens is 240 g/mol. The van der Waals surface area contributed by atoms with Crippen LogP contribution in [0.1, 0.15) is 6.42 Å². The topological polar surface area (TPSA) is 66.4 Å². The second-order valence-electron chi connectivity index (χ2n) is 3.05. The van der Waals surface area contributed by atoms with Crippen LogP contribution in [0.5, 0.6) is 0 Å². The minimum absolute atomic E-state index is 0.00432. The molecule has 0 aliphatic heterocycles. The van der Waals surface area contributed by atoms with Gasteiger partial charge in [0.2, 0.25) is 10.0 Å². The van der Waals surface area contributed by atoms with Crippen molar-refractivity contribution < 1.29 is 22.3 Å². The summed E-state index contributed by atoms with van der Waals surface area (Å²) in [5.41, 5.74) is 0. The Labute approximate surface area is 92.0 Å². The van der Waals surface area contributed by atoms with Crippen LogP contribution in [0.2, 0.25) is 0 Å². The molecule has 16 heavy (non-hydrogen) atoms. The van der Waals surface area contributed by atoms with Crippen LogP contribution in [0, 0.1) is 11.6 Å². The predicted molar refractivity (Wildman–Crippen MR) is 53.2 cm³/mol. The molecule has 0 unspecified atom stereocenters. The maximum Gasteiger partial charge on any atom is 0.243 e. The fraction of sp³-hybridized carbons (Fsp3) is 0.333. The lowest BCUT2D eigenvalue weighted by atomic mass is 10.3. The van der Waals surface area contributed by atoms with E-state index in [0.29, 0.717) is 6.07 Å². The molecule has 0 atom stereocenters. The van der Waals surface area contributed by atoms with Crippen molar-refractivity contribution in [2.45, 2.75) is 11.3 Å². The molecule has 2 N–H and O–H groups in total. The monoisotopic (exact) mass is 251 g/mol. The number of aliphatic hydroxyl groups is 1.